The van der Waals surface area contributed by atoms with E-state index in [1.165, 1.54) is 6.07 Å². The molecule has 0 saturated heterocycles. The fraction of sp³-hybridized carbons (Fsp3) is 0.455. The molecular weight excluding hydrogens is 214 g/mol. The minimum Gasteiger partial charge on any atom is -0.385 e. The van der Waals surface area contributed by atoms with Crippen molar-refractivity contribution in [1.29, 1.82) is 0 Å². The molecule has 0 spiro atoms. The number of ether oxygens (including phenoxy) is 1. The van der Waals surface area contributed by atoms with Crippen LogP contribution < -0.4 is 11.3 Å². The van der Waals surface area contributed by atoms with E-state index in [2.05, 4.69) is 5.43 Å². The molecule has 0 amide bonds. The average molecular weight is 230 g/mol. The van der Waals surface area contributed by atoms with Crippen LogP contribution in [0.1, 0.15) is 24.4 Å². The Morgan fingerprint density at radius 1 is 1.38 bits per heavy atom. The Morgan fingerprint density at radius 3 is 2.69 bits per heavy atom. The number of rotatable bonds is 6. The Balaban J connectivity index is 2.67. The zero-order valence-electron chi connectivity index (χ0n) is 9.17. The van der Waals surface area contributed by atoms with E-state index < -0.39 is 11.6 Å². The van der Waals surface area contributed by atoms with Gasteiger partial charge >= 0.3 is 0 Å². The van der Waals surface area contributed by atoms with Crippen LogP contribution >= 0.6 is 0 Å². The third-order valence-corrected chi connectivity index (χ3v) is 2.39. The summed E-state index contributed by atoms with van der Waals surface area (Å²) in [5.41, 5.74) is 3.22. The number of hydrogen-bond donors (Lipinski definition) is 2. The molecular formula is C11H16F2N2O. The van der Waals surface area contributed by atoms with Gasteiger partial charge in [-0.15, -0.1) is 0 Å². The van der Waals surface area contributed by atoms with E-state index >= 15 is 0 Å². The Morgan fingerprint density at radius 2 is 2.12 bits per heavy atom. The van der Waals surface area contributed by atoms with Crippen molar-refractivity contribution in [2.24, 2.45) is 5.84 Å². The van der Waals surface area contributed by atoms with Crippen LogP contribution in [0.4, 0.5) is 8.78 Å². The van der Waals surface area contributed by atoms with Gasteiger partial charge in [0.1, 0.15) is 0 Å². The Kier molecular flexibility index (Phi) is 5.31. The van der Waals surface area contributed by atoms with Crippen LogP contribution in [0, 0.1) is 11.6 Å². The van der Waals surface area contributed by atoms with Gasteiger partial charge in [-0.3, -0.25) is 11.3 Å². The lowest BCUT2D eigenvalue weighted by Gasteiger charge is -2.16. The smallest absolute Gasteiger partial charge is 0.159 e. The molecule has 0 saturated carbocycles. The van der Waals surface area contributed by atoms with Gasteiger partial charge in [0.15, 0.2) is 11.6 Å². The molecule has 1 unspecified atom stereocenters. The average Bonchev–Trinajstić information content (AvgIpc) is 2.29. The molecule has 0 bridgehead atoms. The lowest BCUT2D eigenvalue weighted by atomic mass is 10.0. The van der Waals surface area contributed by atoms with Gasteiger partial charge in [-0.2, -0.15) is 0 Å². The summed E-state index contributed by atoms with van der Waals surface area (Å²) in [7, 11) is 1.61. The standard InChI is InChI=1S/C11H16F2N2O/c1-16-6-2-3-11(15-14)8-4-5-9(12)10(13)7-8/h4-5,7,11,15H,2-3,6,14H2,1H3. The van der Waals surface area contributed by atoms with Gasteiger partial charge < -0.3 is 4.74 Å². The number of hydrogen-bond acceptors (Lipinski definition) is 3. The van der Waals surface area contributed by atoms with Gasteiger partial charge in [-0.05, 0) is 30.5 Å². The fourth-order valence-corrected chi connectivity index (χ4v) is 1.51. The van der Waals surface area contributed by atoms with Crippen LogP contribution in [0.15, 0.2) is 18.2 Å². The van der Waals surface area contributed by atoms with Gasteiger partial charge in [0.2, 0.25) is 0 Å². The Labute approximate surface area is 93.6 Å². The minimum absolute atomic E-state index is 0.190. The summed E-state index contributed by atoms with van der Waals surface area (Å²) in [5.74, 6) is 3.66. The molecule has 0 aromatic heterocycles. The molecule has 0 aliphatic heterocycles. The van der Waals surface area contributed by atoms with Gasteiger partial charge in [0.25, 0.3) is 0 Å². The molecule has 0 radical (unpaired) electrons. The predicted molar refractivity (Wildman–Crippen MR) is 57.5 cm³/mol. The highest BCUT2D eigenvalue weighted by molar-refractivity contribution is 5.21. The van der Waals surface area contributed by atoms with E-state index in [0.29, 0.717) is 18.6 Å². The van der Waals surface area contributed by atoms with Crippen LogP contribution in [0.5, 0.6) is 0 Å². The maximum absolute atomic E-state index is 13.0. The summed E-state index contributed by atoms with van der Waals surface area (Å²) in [6, 6.07) is 3.60. The molecule has 5 heteroatoms. The van der Waals surface area contributed by atoms with Gasteiger partial charge in [0.05, 0.1) is 0 Å². The molecule has 16 heavy (non-hydrogen) atoms. The first-order chi connectivity index (χ1) is 7.69. The van der Waals surface area contributed by atoms with Crippen molar-refractivity contribution >= 4 is 0 Å². The highest BCUT2D eigenvalue weighted by Crippen LogP contribution is 2.19. The second kappa shape index (κ2) is 6.52. The zero-order valence-corrected chi connectivity index (χ0v) is 9.17. The first-order valence-electron chi connectivity index (χ1n) is 5.09. The third kappa shape index (κ3) is 3.52. The lowest BCUT2D eigenvalue weighted by molar-refractivity contribution is 0.189. The molecule has 0 aliphatic rings. The molecule has 3 nitrogen and oxygen atoms in total. The molecule has 3 N–H and O–H groups in total. The first kappa shape index (κ1) is 13.0. The number of benzene rings is 1. The first-order valence-corrected chi connectivity index (χ1v) is 5.09. The highest BCUT2D eigenvalue weighted by Gasteiger charge is 2.11. The summed E-state index contributed by atoms with van der Waals surface area (Å²) in [6.07, 6.45) is 1.50. The summed E-state index contributed by atoms with van der Waals surface area (Å²) < 4.78 is 30.6. The maximum atomic E-state index is 13.0. The van der Waals surface area contributed by atoms with Gasteiger partial charge in [-0.25, -0.2) is 8.78 Å². The number of nitrogens with two attached hydrogens (primary N) is 1. The zero-order chi connectivity index (χ0) is 12.0. The van der Waals surface area contributed by atoms with E-state index in [0.717, 1.165) is 18.6 Å². The number of methoxy groups -OCH3 is 1. The van der Waals surface area contributed by atoms with E-state index in [9.17, 15) is 8.78 Å². The fourth-order valence-electron chi connectivity index (χ4n) is 1.51. The van der Waals surface area contributed by atoms with Crippen molar-refractivity contribution in [1.82, 2.24) is 5.43 Å². The van der Waals surface area contributed by atoms with Crippen molar-refractivity contribution in [2.45, 2.75) is 18.9 Å². The second-order valence-electron chi connectivity index (χ2n) is 3.53. The number of halogens is 2. The van der Waals surface area contributed by atoms with Crippen LogP contribution in [0.25, 0.3) is 0 Å². The Hall–Kier alpha value is -1.04. The number of hydrazine groups is 1. The monoisotopic (exact) mass is 230 g/mol. The molecule has 1 rings (SSSR count). The molecule has 1 atom stereocenters. The normalized spacial score (nSPS) is 12.8. The maximum Gasteiger partial charge on any atom is 0.159 e. The second-order valence-corrected chi connectivity index (χ2v) is 3.53. The predicted octanol–water partition coefficient (Wildman–Crippen LogP) is 1.90. The van der Waals surface area contributed by atoms with Crippen molar-refractivity contribution in [3.63, 3.8) is 0 Å². The van der Waals surface area contributed by atoms with Crippen LogP contribution in [-0.2, 0) is 4.74 Å². The minimum atomic E-state index is -0.857. The molecule has 0 aliphatic carbocycles. The van der Waals surface area contributed by atoms with E-state index in [-0.39, 0.29) is 6.04 Å². The lowest BCUT2D eigenvalue weighted by Crippen LogP contribution is -2.28. The van der Waals surface area contributed by atoms with Crippen LogP contribution in [0.2, 0.25) is 0 Å². The van der Waals surface area contributed by atoms with Crippen molar-refractivity contribution in [3.8, 4) is 0 Å². The van der Waals surface area contributed by atoms with E-state index in [1.54, 1.807) is 7.11 Å². The van der Waals surface area contributed by atoms with Crippen LogP contribution in [0.3, 0.4) is 0 Å². The third-order valence-electron chi connectivity index (χ3n) is 2.39. The largest absolute Gasteiger partial charge is 0.385 e. The highest BCUT2D eigenvalue weighted by atomic mass is 19.2. The molecule has 90 valence electrons. The van der Waals surface area contributed by atoms with E-state index in [4.69, 9.17) is 10.6 Å². The van der Waals surface area contributed by atoms with Gasteiger partial charge in [0, 0.05) is 19.8 Å². The Bertz CT molecular complexity index is 334. The van der Waals surface area contributed by atoms with Crippen molar-refractivity contribution < 1.29 is 13.5 Å². The summed E-state index contributed by atoms with van der Waals surface area (Å²) >= 11 is 0. The summed E-state index contributed by atoms with van der Waals surface area (Å²) in [6.45, 7) is 0.613. The SMILES string of the molecule is COCCCC(NN)c1ccc(F)c(F)c1. The van der Waals surface area contributed by atoms with Crippen molar-refractivity contribution in [3.05, 3.63) is 35.4 Å². The quantitative estimate of drug-likeness (QED) is 0.446. The molecule has 1 aromatic rings. The van der Waals surface area contributed by atoms with Gasteiger partial charge in [-0.1, -0.05) is 6.07 Å². The molecule has 0 fully saturated rings. The summed E-state index contributed by atoms with van der Waals surface area (Å²) in [5, 5.41) is 0. The topological polar surface area (TPSA) is 47.3 Å². The van der Waals surface area contributed by atoms with E-state index in [1.807, 2.05) is 0 Å². The molecule has 0 heterocycles. The number of nitrogens with one attached hydrogen (secondary N) is 1. The molecule has 1 aromatic carbocycles. The summed E-state index contributed by atoms with van der Waals surface area (Å²) in [4.78, 5) is 0. The van der Waals surface area contributed by atoms with Crippen LogP contribution in [-0.4, -0.2) is 13.7 Å². The van der Waals surface area contributed by atoms with Crippen molar-refractivity contribution in [2.75, 3.05) is 13.7 Å².